The standard InChI is InChI=1S/C48H81N9O9/c1-16-31(4)52-64-37(58)49-34-21-44(9,10)25-46(13,23-34)28-55-40(61)56(29-47(14)24-35(22-45(11,12)26-47)50-38(59)65-53-32(5)17-2)42(63)57(41(55)62)30-48(15)27-43(7,8)20-19-36(48)51-39(60)66-54-33(6)18-3/h34-36H,16-30H2,1-15H3,(H,49,58)(H,50,59)(H,51,60). The number of oxime groups is 3. The number of hydrogen-bond acceptors (Lipinski definition) is 12. The zero-order valence-corrected chi connectivity index (χ0v) is 42.7. The Kier molecular flexibility index (Phi) is 17.2. The van der Waals surface area contributed by atoms with Gasteiger partial charge in [-0.15, -0.1) is 0 Å². The fourth-order valence-electron chi connectivity index (χ4n) is 11.6. The third kappa shape index (κ3) is 14.6. The lowest BCUT2D eigenvalue weighted by atomic mass is 9.61. The van der Waals surface area contributed by atoms with Crippen LogP contribution in [0.4, 0.5) is 14.4 Å². The van der Waals surface area contributed by atoms with Gasteiger partial charge >= 0.3 is 35.3 Å². The molecule has 372 valence electrons. The van der Waals surface area contributed by atoms with Gasteiger partial charge in [0.05, 0.1) is 17.1 Å². The lowest BCUT2D eigenvalue weighted by Crippen LogP contribution is -2.61. The van der Waals surface area contributed by atoms with E-state index in [1.54, 1.807) is 20.8 Å². The predicted molar refractivity (Wildman–Crippen MR) is 257 cm³/mol. The van der Waals surface area contributed by atoms with Crippen LogP contribution in [0.25, 0.3) is 0 Å². The maximum atomic E-state index is 15.1. The normalized spacial score (nSPS) is 28.8. The van der Waals surface area contributed by atoms with Crippen LogP contribution in [0.5, 0.6) is 0 Å². The summed E-state index contributed by atoms with van der Waals surface area (Å²) in [6.45, 7) is 29.5. The monoisotopic (exact) mass is 928 g/mol. The molecule has 18 nitrogen and oxygen atoms in total. The van der Waals surface area contributed by atoms with E-state index in [-0.39, 0.29) is 48.0 Å². The molecule has 3 N–H and O–H groups in total. The third-order valence-corrected chi connectivity index (χ3v) is 14.0. The molecule has 0 bridgehead atoms. The summed E-state index contributed by atoms with van der Waals surface area (Å²) in [7, 11) is 0. The summed E-state index contributed by atoms with van der Waals surface area (Å²) in [6.07, 6.45) is 4.96. The maximum Gasteiger partial charge on any atom is 0.433 e. The second-order valence-corrected chi connectivity index (χ2v) is 23.3. The molecule has 1 aromatic rings. The van der Waals surface area contributed by atoms with Crippen LogP contribution in [0.2, 0.25) is 0 Å². The van der Waals surface area contributed by atoms with Gasteiger partial charge in [0, 0.05) is 43.2 Å². The van der Waals surface area contributed by atoms with Gasteiger partial charge < -0.3 is 16.0 Å². The molecule has 6 atom stereocenters. The second-order valence-electron chi connectivity index (χ2n) is 23.3. The molecule has 3 aliphatic carbocycles. The van der Waals surface area contributed by atoms with Crippen molar-refractivity contribution in [3.05, 3.63) is 31.5 Å². The van der Waals surface area contributed by atoms with E-state index in [0.717, 1.165) is 6.42 Å². The van der Waals surface area contributed by atoms with Crippen molar-refractivity contribution in [2.75, 3.05) is 0 Å². The van der Waals surface area contributed by atoms with Gasteiger partial charge in [0.1, 0.15) is 0 Å². The summed E-state index contributed by atoms with van der Waals surface area (Å²) in [5.74, 6) is 0. The Labute approximate surface area is 391 Å². The average molecular weight is 928 g/mol. The second kappa shape index (κ2) is 21.0. The van der Waals surface area contributed by atoms with Gasteiger partial charge in [-0.3, -0.25) is 14.5 Å². The highest BCUT2D eigenvalue weighted by Gasteiger charge is 2.48. The number of amides is 3. The van der Waals surface area contributed by atoms with Gasteiger partial charge in [0.15, 0.2) is 0 Å². The van der Waals surface area contributed by atoms with Crippen molar-refractivity contribution in [3.63, 3.8) is 0 Å². The van der Waals surface area contributed by atoms with Gasteiger partial charge in [-0.2, -0.15) is 0 Å². The number of carbonyl (C=O) groups is 3. The Morgan fingerprint density at radius 3 is 1.24 bits per heavy atom. The Morgan fingerprint density at radius 1 is 0.530 bits per heavy atom. The smallest absolute Gasteiger partial charge is 0.317 e. The molecule has 18 heteroatoms. The van der Waals surface area contributed by atoms with E-state index in [1.165, 1.54) is 13.7 Å². The molecule has 3 aliphatic rings. The topological polar surface area (TPSA) is 218 Å². The van der Waals surface area contributed by atoms with E-state index >= 15 is 14.4 Å². The Morgan fingerprint density at radius 2 is 0.879 bits per heavy atom. The van der Waals surface area contributed by atoms with Crippen LogP contribution in [0.1, 0.15) is 181 Å². The molecule has 4 rings (SSSR count). The summed E-state index contributed by atoms with van der Waals surface area (Å²) in [4.78, 5) is 99.8. The van der Waals surface area contributed by atoms with Crippen molar-refractivity contribution in [2.24, 2.45) is 48.0 Å². The van der Waals surface area contributed by atoms with Crippen molar-refractivity contribution in [3.8, 4) is 0 Å². The van der Waals surface area contributed by atoms with Crippen LogP contribution >= 0.6 is 0 Å². The molecule has 0 radical (unpaired) electrons. The number of nitrogens with one attached hydrogen (secondary N) is 3. The minimum atomic E-state index is -0.844. The van der Waals surface area contributed by atoms with Crippen LogP contribution in [-0.2, 0) is 34.1 Å². The van der Waals surface area contributed by atoms with Crippen molar-refractivity contribution in [1.82, 2.24) is 29.7 Å². The number of hydrogen-bond donors (Lipinski definition) is 3. The Bertz CT molecular complexity index is 2110. The first kappa shape index (κ1) is 53.8. The summed E-state index contributed by atoms with van der Waals surface area (Å²) in [5, 5.41) is 20.7. The lowest BCUT2D eigenvalue weighted by Gasteiger charge is -2.48. The highest BCUT2D eigenvalue weighted by Crippen LogP contribution is 2.49. The lowest BCUT2D eigenvalue weighted by molar-refractivity contribution is 0.0312. The van der Waals surface area contributed by atoms with Crippen LogP contribution in [-0.4, -0.2) is 67.2 Å². The molecular formula is C48H81N9O9. The van der Waals surface area contributed by atoms with Crippen molar-refractivity contribution in [1.29, 1.82) is 0 Å². The van der Waals surface area contributed by atoms with Gasteiger partial charge in [0.25, 0.3) is 0 Å². The van der Waals surface area contributed by atoms with E-state index in [1.807, 2.05) is 41.5 Å². The summed E-state index contributed by atoms with van der Waals surface area (Å²) >= 11 is 0. The molecule has 3 fully saturated rings. The van der Waals surface area contributed by atoms with Crippen molar-refractivity contribution in [2.45, 2.75) is 219 Å². The number of nitrogens with zero attached hydrogens (tertiary/aromatic N) is 6. The predicted octanol–water partition coefficient (Wildman–Crippen LogP) is 8.46. The fraction of sp³-hybridized carbons (Fsp3) is 0.812. The molecule has 3 saturated carbocycles. The van der Waals surface area contributed by atoms with Crippen molar-refractivity contribution < 1.29 is 28.9 Å². The number of rotatable bonds is 15. The highest BCUT2D eigenvalue weighted by atomic mass is 16.7. The van der Waals surface area contributed by atoms with E-state index in [2.05, 4.69) is 73.0 Å². The molecule has 3 amide bonds. The first-order valence-electron chi connectivity index (χ1n) is 23.9. The molecule has 6 unspecified atom stereocenters. The minimum Gasteiger partial charge on any atom is -0.317 e. The average Bonchev–Trinajstić information content (AvgIpc) is 3.19. The minimum absolute atomic E-state index is 0.0321. The molecule has 0 spiro atoms. The summed E-state index contributed by atoms with van der Waals surface area (Å²) < 4.78 is 3.57. The fourth-order valence-corrected chi connectivity index (χ4v) is 11.6. The zero-order chi connectivity index (χ0) is 49.6. The van der Waals surface area contributed by atoms with Gasteiger partial charge in [-0.1, -0.05) is 98.6 Å². The quantitative estimate of drug-likeness (QED) is 0.0872. The SMILES string of the molecule is CCC(C)=NOC(=O)NC1CC(C)(C)CC(C)(Cn2c(=O)n(CC3(C)CC(NC(=O)ON=C(C)CC)CC(C)(C)C3)c(=O)n(CC3(C)CC(C)(C)CCC3NC(=O)ON=C(C)CC)c2=O)C1. The van der Waals surface area contributed by atoms with E-state index in [0.29, 0.717) is 87.8 Å². The molecule has 0 aliphatic heterocycles. The third-order valence-electron chi connectivity index (χ3n) is 14.0. The summed E-state index contributed by atoms with van der Waals surface area (Å²) in [5.41, 5.74) is -3.31. The van der Waals surface area contributed by atoms with Crippen LogP contribution in [0.15, 0.2) is 29.9 Å². The molecule has 0 saturated heterocycles. The Balaban J connectivity index is 1.84. The summed E-state index contributed by atoms with van der Waals surface area (Å²) in [6, 6.07) is -1.22. The molecule has 0 aromatic carbocycles. The van der Waals surface area contributed by atoms with Gasteiger partial charge in [0.2, 0.25) is 0 Å². The van der Waals surface area contributed by atoms with Crippen molar-refractivity contribution >= 4 is 35.4 Å². The Hall–Kier alpha value is -4.77. The maximum absolute atomic E-state index is 15.1. The van der Waals surface area contributed by atoms with Crippen LogP contribution in [0, 0.1) is 32.5 Å². The molecule has 1 aromatic heterocycles. The van der Waals surface area contributed by atoms with Crippen LogP contribution in [0.3, 0.4) is 0 Å². The van der Waals surface area contributed by atoms with Gasteiger partial charge in [-0.05, 0) is 125 Å². The molecule has 66 heavy (non-hydrogen) atoms. The molecular weight excluding hydrogens is 847 g/mol. The highest BCUT2D eigenvalue weighted by molar-refractivity contribution is 5.83. The largest absolute Gasteiger partial charge is 0.433 e. The van der Waals surface area contributed by atoms with Gasteiger partial charge in [-0.25, -0.2) is 42.5 Å². The molecule has 1 heterocycles. The van der Waals surface area contributed by atoms with E-state index < -0.39 is 57.6 Å². The van der Waals surface area contributed by atoms with Crippen LogP contribution < -0.4 is 33.0 Å². The number of carbonyl (C=O) groups excluding carboxylic acids is 3. The number of aromatic nitrogens is 3. The first-order chi connectivity index (χ1) is 30.4. The van der Waals surface area contributed by atoms with E-state index in [9.17, 15) is 14.4 Å². The first-order valence-corrected chi connectivity index (χ1v) is 23.9. The van der Waals surface area contributed by atoms with E-state index in [4.69, 9.17) is 14.5 Å². The zero-order valence-electron chi connectivity index (χ0n) is 42.7.